The third kappa shape index (κ3) is 3.10. The van der Waals surface area contributed by atoms with E-state index < -0.39 is 11.5 Å². The highest BCUT2D eigenvalue weighted by Crippen LogP contribution is 2.34. The summed E-state index contributed by atoms with van der Waals surface area (Å²) in [7, 11) is 0. The Labute approximate surface area is 122 Å². The lowest BCUT2D eigenvalue weighted by molar-refractivity contribution is -0.151. The minimum Gasteiger partial charge on any atom is -0.479 e. The zero-order chi connectivity index (χ0) is 14.6. The second-order valence-corrected chi connectivity index (χ2v) is 6.24. The van der Waals surface area contributed by atoms with Gasteiger partial charge in [-0.1, -0.05) is 25.8 Å². The highest BCUT2D eigenvalue weighted by atomic mass is 32.1. The third-order valence-corrected chi connectivity index (χ3v) is 4.81. The molecule has 2 atom stereocenters. The molecule has 20 heavy (non-hydrogen) atoms. The van der Waals surface area contributed by atoms with Gasteiger partial charge < -0.3 is 10.4 Å². The Morgan fingerprint density at radius 1 is 1.50 bits per heavy atom. The van der Waals surface area contributed by atoms with E-state index in [4.69, 9.17) is 0 Å². The molecular weight excluding hydrogens is 274 g/mol. The van der Waals surface area contributed by atoms with E-state index in [9.17, 15) is 14.7 Å². The molecule has 1 saturated carbocycles. The van der Waals surface area contributed by atoms with Crippen LogP contribution in [0.1, 0.15) is 37.5 Å². The van der Waals surface area contributed by atoms with E-state index in [1.807, 2.05) is 24.4 Å². The molecule has 4 nitrogen and oxygen atoms in total. The van der Waals surface area contributed by atoms with Crippen LogP contribution in [0.4, 0.5) is 0 Å². The summed E-state index contributed by atoms with van der Waals surface area (Å²) in [4.78, 5) is 24.6. The number of rotatable bonds is 4. The Bertz CT molecular complexity index is 509. The van der Waals surface area contributed by atoms with Crippen LogP contribution in [0.25, 0.3) is 6.08 Å². The molecule has 108 valence electrons. The number of thiophene rings is 1. The fourth-order valence-electron chi connectivity index (χ4n) is 2.71. The van der Waals surface area contributed by atoms with E-state index in [1.54, 1.807) is 6.08 Å². The van der Waals surface area contributed by atoms with E-state index in [0.29, 0.717) is 6.42 Å². The molecule has 1 aliphatic rings. The highest BCUT2D eigenvalue weighted by Gasteiger charge is 2.45. The average Bonchev–Trinajstić information content (AvgIpc) is 2.92. The zero-order valence-electron chi connectivity index (χ0n) is 11.5. The Balaban J connectivity index is 2.08. The van der Waals surface area contributed by atoms with Gasteiger partial charge in [-0.2, -0.15) is 0 Å². The van der Waals surface area contributed by atoms with Gasteiger partial charge in [-0.25, -0.2) is 4.79 Å². The molecule has 1 amide bonds. The third-order valence-electron chi connectivity index (χ3n) is 3.97. The molecular formula is C15H19NO3S. The molecule has 0 aromatic carbocycles. The van der Waals surface area contributed by atoms with Gasteiger partial charge >= 0.3 is 5.97 Å². The number of hydrogen-bond donors (Lipinski definition) is 2. The van der Waals surface area contributed by atoms with Crippen LogP contribution in [0.3, 0.4) is 0 Å². The van der Waals surface area contributed by atoms with Gasteiger partial charge in [0.15, 0.2) is 0 Å². The number of carboxylic acids is 1. The van der Waals surface area contributed by atoms with Gasteiger partial charge in [-0.05, 0) is 36.3 Å². The van der Waals surface area contributed by atoms with Crippen molar-refractivity contribution in [2.45, 2.75) is 38.1 Å². The van der Waals surface area contributed by atoms with Crippen LogP contribution >= 0.6 is 11.3 Å². The van der Waals surface area contributed by atoms with Crippen molar-refractivity contribution >= 4 is 29.3 Å². The van der Waals surface area contributed by atoms with Crippen LogP contribution in [0.15, 0.2) is 23.6 Å². The minimum absolute atomic E-state index is 0.0483. The Hall–Kier alpha value is -1.62. The van der Waals surface area contributed by atoms with E-state index in [0.717, 1.165) is 24.1 Å². The van der Waals surface area contributed by atoms with E-state index in [1.165, 1.54) is 17.4 Å². The summed E-state index contributed by atoms with van der Waals surface area (Å²) < 4.78 is 0. The predicted octanol–water partition coefficient (Wildman–Crippen LogP) is 2.91. The molecule has 5 heteroatoms. The van der Waals surface area contributed by atoms with Crippen molar-refractivity contribution in [1.82, 2.24) is 5.32 Å². The normalized spacial score (nSPS) is 26.6. The SMILES string of the molecule is CC1CCCCC1(NC(=O)C=Cc1cccs1)C(=O)O. The van der Waals surface area contributed by atoms with E-state index in [2.05, 4.69) is 5.32 Å². The van der Waals surface area contributed by atoms with Crippen LogP contribution in [0.5, 0.6) is 0 Å². The van der Waals surface area contributed by atoms with Gasteiger partial charge in [0.2, 0.25) is 5.91 Å². The van der Waals surface area contributed by atoms with Gasteiger partial charge in [0, 0.05) is 11.0 Å². The smallest absolute Gasteiger partial charge is 0.329 e. The van der Waals surface area contributed by atoms with Crippen molar-refractivity contribution < 1.29 is 14.7 Å². The number of carboxylic acid groups (broad SMARTS) is 1. The van der Waals surface area contributed by atoms with Crippen molar-refractivity contribution in [3.63, 3.8) is 0 Å². The number of nitrogens with one attached hydrogen (secondary N) is 1. The Morgan fingerprint density at radius 2 is 2.30 bits per heavy atom. The molecule has 1 fully saturated rings. The molecule has 0 radical (unpaired) electrons. The largest absolute Gasteiger partial charge is 0.479 e. The maximum atomic E-state index is 12.0. The number of carbonyl (C=O) groups excluding carboxylic acids is 1. The summed E-state index contributed by atoms with van der Waals surface area (Å²) in [6, 6.07) is 3.81. The van der Waals surface area contributed by atoms with Crippen LogP contribution in [-0.2, 0) is 9.59 Å². The van der Waals surface area contributed by atoms with Crippen molar-refractivity contribution in [3.05, 3.63) is 28.5 Å². The summed E-state index contributed by atoms with van der Waals surface area (Å²) in [6.45, 7) is 1.90. The molecule has 2 N–H and O–H groups in total. The van der Waals surface area contributed by atoms with Crippen LogP contribution < -0.4 is 5.32 Å². The average molecular weight is 293 g/mol. The molecule has 1 heterocycles. The van der Waals surface area contributed by atoms with Crippen molar-refractivity contribution in [2.75, 3.05) is 0 Å². The summed E-state index contributed by atoms with van der Waals surface area (Å²) in [5.41, 5.74) is -1.12. The second kappa shape index (κ2) is 6.22. The molecule has 0 aliphatic heterocycles. The molecule has 1 aromatic rings. The molecule has 2 rings (SSSR count). The lowest BCUT2D eigenvalue weighted by Crippen LogP contribution is -2.59. The number of hydrogen-bond acceptors (Lipinski definition) is 3. The molecule has 0 bridgehead atoms. The fourth-order valence-corrected chi connectivity index (χ4v) is 3.33. The van der Waals surface area contributed by atoms with Crippen molar-refractivity contribution in [3.8, 4) is 0 Å². The first-order chi connectivity index (χ1) is 9.54. The minimum atomic E-state index is -1.12. The quantitative estimate of drug-likeness (QED) is 0.839. The number of carbonyl (C=O) groups is 2. The first-order valence-corrected chi connectivity index (χ1v) is 7.70. The van der Waals surface area contributed by atoms with Gasteiger partial charge in [0.25, 0.3) is 0 Å². The number of amides is 1. The first kappa shape index (κ1) is 14.8. The second-order valence-electron chi connectivity index (χ2n) is 5.26. The fraction of sp³-hybridized carbons (Fsp3) is 0.467. The summed E-state index contributed by atoms with van der Waals surface area (Å²) >= 11 is 1.53. The maximum Gasteiger partial charge on any atom is 0.329 e. The van der Waals surface area contributed by atoms with E-state index >= 15 is 0 Å². The van der Waals surface area contributed by atoms with Gasteiger partial charge in [0.05, 0.1) is 0 Å². The van der Waals surface area contributed by atoms with Gasteiger partial charge in [-0.15, -0.1) is 11.3 Å². The molecule has 0 saturated heterocycles. The summed E-state index contributed by atoms with van der Waals surface area (Å²) in [6.07, 6.45) is 6.33. The van der Waals surface area contributed by atoms with Gasteiger partial charge in [0.1, 0.15) is 5.54 Å². The monoisotopic (exact) mass is 293 g/mol. The molecule has 0 spiro atoms. The zero-order valence-corrected chi connectivity index (χ0v) is 12.3. The van der Waals surface area contributed by atoms with Crippen LogP contribution in [0, 0.1) is 5.92 Å². The van der Waals surface area contributed by atoms with E-state index in [-0.39, 0.29) is 11.8 Å². The van der Waals surface area contributed by atoms with Crippen molar-refractivity contribution in [2.24, 2.45) is 5.92 Å². The van der Waals surface area contributed by atoms with Crippen molar-refractivity contribution in [1.29, 1.82) is 0 Å². The summed E-state index contributed by atoms with van der Waals surface area (Å²) in [5, 5.41) is 14.2. The highest BCUT2D eigenvalue weighted by molar-refractivity contribution is 7.10. The first-order valence-electron chi connectivity index (χ1n) is 6.82. The molecule has 1 aromatic heterocycles. The number of aliphatic carboxylic acids is 1. The predicted molar refractivity (Wildman–Crippen MR) is 79.5 cm³/mol. The van der Waals surface area contributed by atoms with Gasteiger partial charge in [-0.3, -0.25) is 4.79 Å². The van der Waals surface area contributed by atoms with Crippen LogP contribution in [-0.4, -0.2) is 22.5 Å². The Morgan fingerprint density at radius 3 is 2.90 bits per heavy atom. The molecule has 1 aliphatic carbocycles. The standard InChI is InChI=1S/C15H19NO3S/c1-11-5-2-3-9-15(11,14(18)19)16-13(17)8-7-12-6-4-10-20-12/h4,6-8,10-11H,2-3,5,9H2,1H3,(H,16,17)(H,18,19). The topological polar surface area (TPSA) is 66.4 Å². The lowest BCUT2D eigenvalue weighted by atomic mass is 9.73. The van der Waals surface area contributed by atoms with Crippen LogP contribution in [0.2, 0.25) is 0 Å². The lowest BCUT2D eigenvalue weighted by Gasteiger charge is -2.39. The molecule has 2 unspecified atom stereocenters. The maximum absolute atomic E-state index is 12.0. The summed E-state index contributed by atoms with van der Waals surface area (Å²) in [5.74, 6) is -1.31. The Kier molecular flexibility index (Phi) is 4.60.